The Morgan fingerprint density at radius 2 is 2.00 bits per heavy atom. The highest BCUT2D eigenvalue weighted by Crippen LogP contribution is 2.23. The van der Waals surface area contributed by atoms with E-state index in [1.807, 2.05) is 0 Å². The molecule has 1 unspecified atom stereocenters. The number of rotatable bonds is 6. The highest BCUT2D eigenvalue weighted by molar-refractivity contribution is 6.39. The quantitative estimate of drug-likeness (QED) is 0.422. The lowest BCUT2D eigenvalue weighted by molar-refractivity contribution is -0.387. The van der Waals surface area contributed by atoms with Crippen LogP contribution >= 0.6 is 0 Å². The molecule has 1 aliphatic rings. The zero-order valence-corrected chi connectivity index (χ0v) is 15.3. The maximum atomic E-state index is 13.4. The normalized spacial score (nSPS) is 15.5. The number of carbonyl (C=O) groups excluding carboxylic acids is 2. The smallest absolute Gasteiger partial charge is 0.313 e. The molecular formula is C18H19FN4O6. The van der Waals surface area contributed by atoms with Crippen molar-refractivity contribution in [2.45, 2.75) is 6.04 Å². The van der Waals surface area contributed by atoms with E-state index in [1.54, 1.807) is 12.1 Å². The van der Waals surface area contributed by atoms with Gasteiger partial charge in [0.25, 0.3) is 0 Å². The Balaban J connectivity index is 1.61. The summed E-state index contributed by atoms with van der Waals surface area (Å²) in [5.41, 5.74) is -0.859. The van der Waals surface area contributed by atoms with Crippen LogP contribution in [0.5, 0.6) is 0 Å². The molecule has 2 N–H and O–H groups in total. The molecule has 1 aromatic carbocycles. The molecule has 154 valence electrons. The van der Waals surface area contributed by atoms with Gasteiger partial charge in [-0.3, -0.25) is 24.6 Å². The number of hydrogen-bond acceptors (Lipinski definition) is 7. The summed E-state index contributed by atoms with van der Waals surface area (Å²) in [5.74, 6) is -2.35. The third-order valence-corrected chi connectivity index (χ3v) is 4.42. The molecule has 11 heteroatoms. The number of anilines is 1. The van der Waals surface area contributed by atoms with E-state index in [-0.39, 0.29) is 18.3 Å². The zero-order chi connectivity index (χ0) is 20.8. The summed E-state index contributed by atoms with van der Waals surface area (Å²) in [4.78, 5) is 36.2. The molecule has 2 heterocycles. The van der Waals surface area contributed by atoms with Crippen LogP contribution in [0, 0.1) is 15.9 Å². The van der Waals surface area contributed by atoms with Crippen LogP contribution in [0.3, 0.4) is 0 Å². The number of halogens is 1. The Morgan fingerprint density at radius 1 is 1.24 bits per heavy atom. The summed E-state index contributed by atoms with van der Waals surface area (Å²) in [6, 6.07) is 6.06. The summed E-state index contributed by atoms with van der Waals surface area (Å²) in [5, 5.41) is 15.5. The van der Waals surface area contributed by atoms with E-state index >= 15 is 0 Å². The molecule has 0 radical (unpaired) electrons. The van der Waals surface area contributed by atoms with Gasteiger partial charge < -0.3 is 19.8 Å². The number of nitrogens with zero attached hydrogens (tertiary/aromatic N) is 2. The highest BCUT2D eigenvalue weighted by Gasteiger charge is 2.26. The van der Waals surface area contributed by atoms with Crippen molar-refractivity contribution in [2.24, 2.45) is 0 Å². The maximum Gasteiger partial charge on any atom is 0.313 e. The minimum absolute atomic E-state index is 0.0611. The molecule has 0 bridgehead atoms. The molecule has 10 nitrogen and oxygen atoms in total. The number of amides is 2. The van der Waals surface area contributed by atoms with Crippen LogP contribution in [0.25, 0.3) is 0 Å². The van der Waals surface area contributed by atoms with Crippen LogP contribution in [-0.2, 0) is 14.3 Å². The van der Waals surface area contributed by atoms with Crippen molar-refractivity contribution < 1.29 is 28.1 Å². The van der Waals surface area contributed by atoms with Crippen LogP contribution in [0.2, 0.25) is 0 Å². The van der Waals surface area contributed by atoms with Gasteiger partial charge in [-0.05, 0) is 24.3 Å². The zero-order valence-electron chi connectivity index (χ0n) is 15.3. The van der Waals surface area contributed by atoms with Crippen LogP contribution in [0.1, 0.15) is 11.8 Å². The van der Waals surface area contributed by atoms with E-state index in [4.69, 9.17) is 9.15 Å². The number of morpholine rings is 1. The van der Waals surface area contributed by atoms with Gasteiger partial charge in [0.05, 0.1) is 30.4 Å². The summed E-state index contributed by atoms with van der Waals surface area (Å²) in [7, 11) is 0. The van der Waals surface area contributed by atoms with E-state index in [2.05, 4.69) is 15.5 Å². The number of benzene rings is 1. The van der Waals surface area contributed by atoms with Crippen molar-refractivity contribution in [1.29, 1.82) is 0 Å². The largest absolute Gasteiger partial charge is 0.468 e. The average molecular weight is 406 g/mol. The molecule has 1 fully saturated rings. The average Bonchev–Trinajstić information content (AvgIpc) is 3.24. The first-order valence-electron chi connectivity index (χ1n) is 8.84. The minimum Gasteiger partial charge on any atom is -0.468 e. The fourth-order valence-electron chi connectivity index (χ4n) is 2.97. The van der Waals surface area contributed by atoms with Crippen LogP contribution in [-0.4, -0.2) is 54.5 Å². The number of carbonyl (C=O) groups is 2. The van der Waals surface area contributed by atoms with E-state index in [9.17, 15) is 24.1 Å². The Kier molecular flexibility index (Phi) is 6.52. The first kappa shape index (κ1) is 20.4. The number of nitro groups is 1. The van der Waals surface area contributed by atoms with Crippen molar-refractivity contribution in [3.05, 3.63) is 58.3 Å². The van der Waals surface area contributed by atoms with E-state index in [1.165, 1.54) is 6.26 Å². The summed E-state index contributed by atoms with van der Waals surface area (Å²) in [6.07, 6.45) is 1.53. The first-order chi connectivity index (χ1) is 14.0. The summed E-state index contributed by atoms with van der Waals surface area (Å²) < 4.78 is 24.2. The van der Waals surface area contributed by atoms with E-state index in [0.717, 1.165) is 18.2 Å². The van der Waals surface area contributed by atoms with Crippen molar-refractivity contribution >= 4 is 23.2 Å². The summed E-state index contributed by atoms with van der Waals surface area (Å²) in [6.45, 7) is 2.51. The second-order valence-electron chi connectivity index (χ2n) is 6.27. The predicted molar refractivity (Wildman–Crippen MR) is 98.5 cm³/mol. The lowest BCUT2D eigenvalue weighted by Crippen LogP contribution is -2.45. The molecule has 1 aromatic heterocycles. The number of nitro benzene ring substituents is 1. The molecule has 1 aliphatic heterocycles. The van der Waals surface area contributed by atoms with E-state index < -0.39 is 28.2 Å². The van der Waals surface area contributed by atoms with Gasteiger partial charge >= 0.3 is 17.5 Å². The number of ether oxygens (including phenoxy) is 1. The van der Waals surface area contributed by atoms with Crippen molar-refractivity contribution in [2.75, 3.05) is 38.2 Å². The van der Waals surface area contributed by atoms with Crippen LogP contribution < -0.4 is 10.6 Å². The molecule has 1 saturated heterocycles. The second-order valence-corrected chi connectivity index (χ2v) is 6.27. The Hall–Kier alpha value is -3.31. The molecule has 0 saturated carbocycles. The maximum absolute atomic E-state index is 13.4. The highest BCUT2D eigenvalue weighted by atomic mass is 19.1. The van der Waals surface area contributed by atoms with Crippen molar-refractivity contribution in [3.63, 3.8) is 0 Å². The van der Waals surface area contributed by atoms with E-state index in [0.29, 0.717) is 32.1 Å². The van der Waals surface area contributed by atoms with Gasteiger partial charge in [0.15, 0.2) is 0 Å². The molecule has 1 atom stereocenters. The van der Waals surface area contributed by atoms with Crippen LogP contribution in [0.15, 0.2) is 41.0 Å². The van der Waals surface area contributed by atoms with Gasteiger partial charge in [0.2, 0.25) is 5.82 Å². The first-order valence-corrected chi connectivity index (χ1v) is 8.84. The molecule has 0 spiro atoms. The molecule has 0 aliphatic carbocycles. The topological polar surface area (TPSA) is 127 Å². The minimum atomic E-state index is -1.04. The monoisotopic (exact) mass is 406 g/mol. The predicted octanol–water partition coefficient (Wildman–Crippen LogP) is 1.46. The third-order valence-electron chi connectivity index (χ3n) is 4.42. The molecular weight excluding hydrogens is 387 g/mol. The molecule has 2 amide bonds. The lowest BCUT2D eigenvalue weighted by atomic mass is 10.1. The molecule has 29 heavy (non-hydrogen) atoms. The molecule has 2 aromatic rings. The fourth-order valence-corrected chi connectivity index (χ4v) is 2.97. The number of hydrogen-bond donors (Lipinski definition) is 2. The Labute approximate surface area is 164 Å². The van der Waals surface area contributed by atoms with Gasteiger partial charge in [-0.1, -0.05) is 0 Å². The van der Waals surface area contributed by atoms with Gasteiger partial charge in [0, 0.05) is 31.4 Å². The lowest BCUT2D eigenvalue weighted by Gasteiger charge is -2.33. The number of furan rings is 1. The van der Waals surface area contributed by atoms with Gasteiger partial charge in [0.1, 0.15) is 5.76 Å². The van der Waals surface area contributed by atoms with Crippen LogP contribution in [0.4, 0.5) is 15.8 Å². The summed E-state index contributed by atoms with van der Waals surface area (Å²) >= 11 is 0. The van der Waals surface area contributed by atoms with Gasteiger partial charge in [-0.15, -0.1) is 0 Å². The van der Waals surface area contributed by atoms with Gasteiger partial charge in [-0.2, -0.15) is 4.39 Å². The molecule has 3 rings (SSSR count). The Morgan fingerprint density at radius 3 is 2.66 bits per heavy atom. The number of nitrogens with one attached hydrogen (secondary N) is 2. The second kappa shape index (κ2) is 9.26. The third kappa shape index (κ3) is 5.15. The van der Waals surface area contributed by atoms with Crippen molar-refractivity contribution in [1.82, 2.24) is 10.2 Å². The van der Waals surface area contributed by atoms with Crippen molar-refractivity contribution in [3.8, 4) is 0 Å². The standard InChI is InChI=1S/C18H19FN4O6/c19-13-4-3-12(10-14(13)23(26)27)21-18(25)17(24)20-11-15(16-2-1-7-29-16)22-5-8-28-9-6-22/h1-4,7,10,15H,5-6,8-9,11H2,(H,20,24)(H,21,25). The fraction of sp³-hybridized carbons (Fsp3) is 0.333. The Bertz CT molecular complexity index is 882. The SMILES string of the molecule is O=C(NCC(c1ccco1)N1CCOCC1)C(=O)Nc1ccc(F)c([N+](=O)[O-])c1. The van der Waals surface area contributed by atoms with Gasteiger partial charge in [-0.25, -0.2) is 0 Å².